The molecule has 0 aliphatic carbocycles. The maximum Gasteiger partial charge on any atom is 0.220 e. The quantitative estimate of drug-likeness (QED) is 0.0685. The number of aliphatic hydroxyl groups excluding tert-OH is 2. The van der Waals surface area contributed by atoms with E-state index >= 15 is 0 Å². The Bertz CT molecular complexity index is 1410. The lowest BCUT2D eigenvalue weighted by Gasteiger charge is -2.38. The van der Waals surface area contributed by atoms with E-state index in [1.54, 1.807) is 24.3 Å². The lowest BCUT2D eigenvalue weighted by Crippen LogP contribution is -2.39. The normalized spacial score (nSPS) is 18.1. The number of carbonyl (C=O) groups is 1. The van der Waals surface area contributed by atoms with Crippen LogP contribution in [-0.2, 0) is 27.4 Å². The molecule has 1 aliphatic heterocycles. The van der Waals surface area contributed by atoms with Crippen molar-refractivity contribution < 1.29 is 29.6 Å². The zero-order valence-corrected chi connectivity index (χ0v) is 31.7. The number of aromatic hydroxyl groups is 1. The van der Waals surface area contributed by atoms with Gasteiger partial charge in [0, 0.05) is 38.0 Å². The molecule has 4 unspecified atom stereocenters. The molecule has 0 spiro atoms. The Labute approximate surface area is 312 Å². The Morgan fingerprint density at radius 1 is 0.808 bits per heavy atom. The smallest absolute Gasteiger partial charge is 0.220 e. The van der Waals surface area contributed by atoms with Gasteiger partial charge in [-0.05, 0) is 47.9 Å². The third-order valence-electron chi connectivity index (χ3n) is 10.1. The number of ether oxygens (including phenoxy) is 2. The van der Waals surface area contributed by atoms with Gasteiger partial charge in [-0.3, -0.25) is 4.79 Å². The lowest BCUT2D eigenvalue weighted by atomic mass is 9.99. The third-order valence-corrected chi connectivity index (χ3v) is 10.1. The second-order valence-electron chi connectivity index (χ2n) is 14.7. The summed E-state index contributed by atoms with van der Waals surface area (Å²) < 4.78 is 13.0. The number of likely N-dealkylation sites (N-methyl/N-ethyl adjacent to an activating group) is 1. The molecule has 1 aliphatic rings. The van der Waals surface area contributed by atoms with Crippen molar-refractivity contribution in [2.75, 3.05) is 20.1 Å². The minimum atomic E-state index is -0.753. The number of nitrogens with one attached hydrogen (secondary N) is 1. The maximum absolute atomic E-state index is 12.5. The first-order valence-corrected chi connectivity index (χ1v) is 19.9. The van der Waals surface area contributed by atoms with Gasteiger partial charge in [-0.25, -0.2) is 0 Å². The van der Waals surface area contributed by atoms with Crippen LogP contribution in [0.4, 0.5) is 0 Å². The third kappa shape index (κ3) is 15.0. The van der Waals surface area contributed by atoms with E-state index in [2.05, 4.69) is 12.2 Å². The number of rotatable bonds is 24. The van der Waals surface area contributed by atoms with Crippen molar-refractivity contribution in [3.05, 3.63) is 101 Å². The zero-order valence-electron chi connectivity index (χ0n) is 31.7. The summed E-state index contributed by atoms with van der Waals surface area (Å²) in [4.78, 5) is 14.6. The van der Waals surface area contributed by atoms with E-state index in [0.29, 0.717) is 38.0 Å². The first-order chi connectivity index (χ1) is 25.3. The highest BCUT2D eigenvalue weighted by Gasteiger charge is 2.33. The summed E-state index contributed by atoms with van der Waals surface area (Å²) in [5, 5.41) is 33.3. The van der Waals surface area contributed by atoms with Crippen molar-refractivity contribution in [2.45, 2.75) is 141 Å². The van der Waals surface area contributed by atoms with Crippen LogP contribution in [0.3, 0.4) is 0 Å². The van der Waals surface area contributed by atoms with Gasteiger partial charge in [0.2, 0.25) is 5.91 Å². The fraction of sp³-hybridized carbons (Fsp3) is 0.568. The molecule has 0 radical (unpaired) electrons. The van der Waals surface area contributed by atoms with E-state index < -0.39 is 12.4 Å². The molecular formula is C44H64N2O6. The summed E-state index contributed by atoms with van der Waals surface area (Å²) in [6, 6.07) is 22.6. The molecule has 0 saturated carbocycles. The molecule has 4 rings (SSSR count). The number of amides is 1. The lowest BCUT2D eigenvalue weighted by molar-refractivity contribution is -0.252. The van der Waals surface area contributed by atoms with Gasteiger partial charge in [0.1, 0.15) is 5.75 Å². The second-order valence-corrected chi connectivity index (χ2v) is 14.7. The molecule has 1 amide bonds. The van der Waals surface area contributed by atoms with Crippen LogP contribution in [0.2, 0.25) is 0 Å². The monoisotopic (exact) mass is 716 g/mol. The summed E-state index contributed by atoms with van der Waals surface area (Å²) >= 11 is 0. The van der Waals surface area contributed by atoms with Crippen molar-refractivity contribution in [3.8, 4) is 5.75 Å². The largest absolute Gasteiger partial charge is 0.508 e. The minimum Gasteiger partial charge on any atom is -0.508 e. The minimum absolute atomic E-state index is 0.0152. The molecule has 0 aromatic heterocycles. The Kier molecular flexibility index (Phi) is 18.7. The van der Waals surface area contributed by atoms with E-state index in [1.165, 1.54) is 70.6 Å². The topological polar surface area (TPSA) is 111 Å². The van der Waals surface area contributed by atoms with Crippen molar-refractivity contribution in [1.82, 2.24) is 10.2 Å². The van der Waals surface area contributed by atoms with Crippen molar-refractivity contribution in [3.63, 3.8) is 0 Å². The summed E-state index contributed by atoms with van der Waals surface area (Å²) in [5.41, 5.74) is 4.44. The van der Waals surface area contributed by atoms with Gasteiger partial charge in [0.15, 0.2) is 6.29 Å². The molecule has 1 heterocycles. The van der Waals surface area contributed by atoms with Crippen LogP contribution in [0.1, 0.15) is 150 Å². The molecule has 52 heavy (non-hydrogen) atoms. The van der Waals surface area contributed by atoms with E-state index in [0.717, 1.165) is 35.1 Å². The second kappa shape index (κ2) is 23.4. The standard InChI is InChI=1S/C44H64N2O6/c1-3-4-5-6-7-8-9-10-11-12-13-14-15-19-43(50)45-30-34-20-26-37(27-21-34)44-51-40(29-42(52-44)36-24-22-35(33-47)23-25-36)31-46(2)32-41(49)38-17-16-18-39(48)28-38/h16-18,20-28,40-42,44,47-49H,3-15,19,29-33H2,1-2H3,(H,45,50). The summed E-state index contributed by atoms with van der Waals surface area (Å²) in [6.45, 7) is 3.69. The molecule has 1 fully saturated rings. The molecule has 0 bridgehead atoms. The number of phenols is 1. The summed E-state index contributed by atoms with van der Waals surface area (Å²) in [6.07, 6.45) is 16.3. The molecule has 3 aromatic rings. The fourth-order valence-electron chi connectivity index (χ4n) is 6.97. The highest BCUT2D eigenvalue weighted by molar-refractivity contribution is 5.75. The fourth-order valence-corrected chi connectivity index (χ4v) is 6.97. The molecule has 8 nitrogen and oxygen atoms in total. The number of benzene rings is 3. The van der Waals surface area contributed by atoms with E-state index in [9.17, 15) is 20.1 Å². The number of aliphatic hydroxyl groups is 2. The van der Waals surface area contributed by atoms with E-state index in [1.807, 2.05) is 60.5 Å². The van der Waals surface area contributed by atoms with Gasteiger partial charge < -0.3 is 35.0 Å². The van der Waals surface area contributed by atoms with Crippen molar-refractivity contribution in [2.24, 2.45) is 0 Å². The van der Waals surface area contributed by atoms with Gasteiger partial charge in [-0.2, -0.15) is 0 Å². The number of carbonyl (C=O) groups excluding carboxylic acids is 1. The zero-order chi connectivity index (χ0) is 37.0. The van der Waals surface area contributed by atoms with Crippen LogP contribution in [0.25, 0.3) is 0 Å². The van der Waals surface area contributed by atoms with Gasteiger partial charge in [-0.15, -0.1) is 0 Å². The molecular weight excluding hydrogens is 652 g/mol. The molecule has 4 N–H and O–H groups in total. The number of hydrogen-bond acceptors (Lipinski definition) is 7. The van der Waals surface area contributed by atoms with Gasteiger partial charge in [0.25, 0.3) is 0 Å². The van der Waals surface area contributed by atoms with Crippen LogP contribution >= 0.6 is 0 Å². The van der Waals surface area contributed by atoms with Crippen molar-refractivity contribution >= 4 is 5.91 Å². The van der Waals surface area contributed by atoms with E-state index in [-0.39, 0.29) is 30.5 Å². The van der Waals surface area contributed by atoms with Gasteiger partial charge >= 0.3 is 0 Å². The highest BCUT2D eigenvalue weighted by atomic mass is 16.7. The SMILES string of the molecule is CCCCCCCCCCCCCCCC(=O)NCc1ccc(C2OC(CN(C)CC(O)c3cccc(O)c3)CC(c3ccc(CO)cc3)O2)cc1. The predicted octanol–water partition coefficient (Wildman–Crippen LogP) is 9.19. The Morgan fingerprint density at radius 3 is 2.02 bits per heavy atom. The number of unbranched alkanes of at least 4 members (excludes halogenated alkanes) is 12. The first-order valence-electron chi connectivity index (χ1n) is 19.9. The number of nitrogens with zero attached hydrogens (tertiary/aromatic N) is 1. The Morgan fingerprint density at radius 2 is 1.40 bits per heavy atom. The van der Waals surface area contributed by atoms with Gasteiger partial charge in [0.05, 0.1) is 24.9 Å². The van der Waals surface area contributed by atoms with Crippen molar-refractivity contribution in [1.29, 1.82) is 0 Å². The maximum atomic E-state index is 12.5. The van der Waals surface area contributed by atoms with Crippen LogP contribution < -0.4 is 5.32 Å². The summed E-state index contributed by atoms with van der Waals surface area (Å²) in [5.74, 6) is 0.227. The molecule has 8 heteroatoms. The van der Waals surface area contributed by atoms with E-state index in [4.69, 9.17) is 9.47 Å². The average Bonchev–Trinajstić information content (AvgIpc) is 3.16. The van der Waals surface area contributed by atoms with Crippen LogP contribution in [-0.4, -0.2) is 52.4 Å². The predicted molar refractivity (Wildman–Crippen MR) is 208 cm³/mol. The van der Waals surface area contributed by atoms with Gasteiger partial charge in [-0.1, -0.05) is 145 Å². The Hall–Kier alpha value is -3.27. The first kappa shape index (κ1) is 41.5. The number of hydrogen-bond donors (Lipinski definition) is 4. The number of phenolic OH excluding ortho intramolecular Hbond substituents is 1. The highest BCUT2D eigenvalue weighted by Crippen LogP contribution is 2.38. The Balaban J connectivity index is 1.21. The average molecular weight is 717 g/mol. The molecule has 286 valence electrons. The van der Waals surface area contributed by atoms with Crippen LogP contribution in [0.15, 0.2) is 72.8 Å². The molecule has 1 saturated heterocycles. The molecule has 3 aromatic carbocycles. The molecule has 4 atom stereocenters. The summed E-state index contributed by atoms with van der Waals surface area (Å²) in [7, 11) is 1.95. The van der Waals surface area contributed by atoms with Crippen LogP contribution in [0, 0.1) is 0 Å². The van der Waals surface area contributed by atoms with Crippen LogP contribution in [0.5, 0.6) is 5.75 Å².